The lowest BCUT2D eigenvalue weighted by Crippen LogP contribution is -2.31. The van der Waals surface area contributed by atoms with Crippen LogP contribution in [0.3, 0.4) is 0 Å². The van der Waals surface area contributed by atoms with Crippen molar-refractivity contribution in [3.05, 3.63) is 17.5 Å². The van der Waals surface area contributed by atoms with Gasteiger partial charge in [0.25, 0.3) is 0 Å². The van der Waals surface area contributed by atoms with Crippen LogP contribution in [0.15, 0.2) is 6.07 Å². The summed E-state index contributed by atoms with van der Waals surface area (Å²) in [6.45, 7) is 5.48. The van der Waals surface area contributed by atoms with Crippen LogP contribution in [0.4, 0.5) is 0 Å². The molecule has 0 spiro atoms. The van der Waals surface area contributed by atoms with Crippen LogP contribution in [0, 0.1) is 0 Å². The van der Waals surface area contributed by atoms with Gasteiger partial charge in [0.2, 0.25) is 5.91 Å². The van der Waals surface area contributed by atoms with E-state index in [2.05, 4.69) is 30.3 Å². The fraction of sp³-hybridized carbons (Fsp3) is 0.667. The van der Waals surface area contributed by atoms with Gasteiger partial charge in [-0.25, -0.2) is 0 Å². The first-order valence-electron chi connectivity index (χ1n) is 6.02. The van der Waals surface area contributed by atoms with E-state index < -0.39 is 0 Å². The molecule has 1 aromatic rings. The summed E-state index contributed by atoms with van der Waals surface area (Å²) in [4.78, 5) is 11.6. The molecule has 1 rings (SSSR count). The number of ether oxygens (including phenoxy) is 1. The Balaban J connectivity index is 2.54. The van der Waals surface area contributed by atoms with Crippen LogP contribution in [0.5, 0.6) is 0 Å². The first-order valence-corrected chi connectivity index (χ1v) is 6.02. The molecular weight excluding hydrogens is 218 g/mol. The zero-order valence-electron chi connectivity index (χ0n) is 10.8. The molecule has 0 aliphatic rings. The van der Waals surface area contributed by atoms with Gasteiger partial charge in [-0.15, -0.1) is 0 Å². The molecule has 1 aromatic heterocycles. The van der Waals surface area contributed by atoms with E-state index in [1.165, 1.54) is 0 Å². The number of aryl methyl sites for hydroxylation is 2. The van der Waals surface area contributed by atoms with Crippen LogP contribution in [0.2, 0.25) is 0 Å². The van der Waals surface area contributed by atoms with Gasteiger partial charge >= 0.3 is 0 Å². The van der Waals surface area contributed by atoms with E-state index in [1.54, 1.807) is 11.8 Å². The third kappa shape index (κ3) is 4.19. The molecule has 0 radical (unpaired) electrons. The topological polar surface area (TPSA) is 56.2 Å². The summed E-state index contributed by atoms with van der Waals surface area (Å²) in [5.74, 6) is -0.0255. The number of carbonyl (C=O) groups is 1. The number of hydrogen-bond donors (Lipinski definition) is 1. The highest BCUT2D eigenvalue weighted by Crippen LogP contribution is 2.05. The first-order chi connectivity index (χ1) is 8.21. The van der Waals surface area contributed by atoms with E-state index in [0.717, 1.165) is 24.2 Å². The Kier molecular flexibility index (Phi) is 5.69. The molecule has 96 valence electrons. The summed E-state index contributed by atoms with van der Waals surface area (Å²) in [7, 11) is 1.61. The second-order valence-corrected chi connectivity index (χ2v) is 3.83. The van der Waals surface area contributed by atoms with E-state index in [4.69, 9.17) is 4.74 Å². The molecule has 0 aliphatic carbocycles. The Labute approximate surface area is 102 Å². The van der Waals surface area contributed by atoms with Crippen molar-refractivity contribution >= 4 is 5.91 Å². The number of rotatable bonds is 7. The molecule has 17 heavy (non-hydrogen) atoms. The smallest absolute Gasteiger partial charge is 0.241 e. The number of amides is 1. The summed E-state index contributed by atoms with van der Waals surface area (Å²) >= 11 is 0. The minimum absolute atomic E-state index is 0.0255. The zero-order chi connectivity index (χ0) is 12.7. The number of methoxy groups -OCH3 is 1. The van der Waals surface area contributed by atoms with Gasteiger partial charge in [0, 0.05) is 19.3 Å². The van der Waals surface area contributed by atoms with Gasteiger partial charge in [-0.2, -0.15) is 5.10 Å². The van der Waals surface area contributed by atoms with E-state index >= 15 is 0 Å². The summed E-state index contributed by atoms with van der Waals surface area (Å²) < 4.78 is 6.65. The Morgan fingerprint density at radius 1 is 1.47 bits per heavy atom. The standard InChI is InChI=1S/C12H21N3O2/c1-4-10-8-11(5-2)15(14-10)9-12(16)13-6-7-17-3/h8H,4-7,9H2,1-3H3,(H,13,16). The molecule has 1 heterocycles. The summed E-state index contributed by atoms with van der Waals surface area (Å²) in [5, 5.41) is 7.18. The molecule has 1 N–H and O–H groups in total. The van der Waals surface area contributed by atoms with Gasteiger partial charge in [-0.3, -0.25) is 9.48 Å². The molecule has 0 saturated heterocycles. The quantitative estimate of drug-likeness (QED) is 0.715. The molecular formula is C12H21N3O2. The minimum Gasteiger partial charge on any atom is -0.383 e. The van der Waals surface area contributed by atoms with Gasteiger partial charge in [0.1, 0.15) is 6.54 Å². The summed E-state index contributed by atoms with van der Waals surface area (Å²) in [6.07, 6.45) is 1.78. The lowest BCUT2D eigenvalue weighted by molar-refractivity contribution is -0.122. The number of nitrogens with one attached hydrogen (secondary N) is 1. The monoisotopic (exact) mass is 239 g/mol. The number of nitrogens with zero attached hydrogens (tertiary/aromatic N) is 2. The van der Waals surface area contributed by atoms with Crippen molar-refractivity contribution in [2.45, 2.75) is 33.2 Å². The molecule has 0 bridgehead atoms. The Bertz CT molecular complexity index is 361. The van der Waals surface area contributed by atoms with Crippen molar-refractivity contribution in [1.29, 1.82) is 0 Å². The summed E-state index contributed by atoms with van der Waals surface area (Å²) in [5.41, 5.74) is 2.13. The second-order valence-electron chi connectivity index (χ2n) is 3.83. The minimum atomic E-state index is -0.0255. The van der Waals surface area contributed by atoms with Crippen LogP contribution in [0.1, 0.15) is 25.2 Å². The Hall–Kier alpha value is -1.36. The van der Waals surface area contributed by atoms with Gasteiger partial charge in [0.15, 0.2) is 0 Å². The first kappa shape index (κ1) is 13.7. The predicted molar refractivity (Wildman–Crippen MR) is 65.9 cm³/mol. The van der Waals surface area contributed by atoms with Gasteiger partial charge in [0.05, 0.1) is 12.3 Å². The predicted octanol–water partition coefficient (Wildman–Crippen LogP) is 0.770. The van der Waals surface area contributed by atoms with Gasteiger partial charge < -0.3 is 10.1 Å². The van der Waals surface area contributed by atoms with E-state index in [9.17, 15) is 4.79 Å². The third-order valence-electron chi connectivity index (χ3n) is 2.56. The maximum Gasteiger partial charge on any atom is 0.241 e. The van der Waals surface area contributed by atoms with E-state index in [0.29, 0.717) is 13.2 Å². The molecule has 0 aliphatic heterocycles. The molecule has 0 unspecified atom stereocenters. The Morgan fingerprint density at radius 2 is 2.24 bits per heavy atom. The summed E-state index contributed by atoms with van der Waals surface area (Å²) in [6, 6.07) is 2.06. The maximum absolute atomic E-state index is 11.6. The highest BCUT2D eigenvalue weighted by Gasteiger charge is 2.08. The van der Waals surface area contributed by atoms with E-state index in [1.807, 2.05) is 0 Å². The molecule has 0 atom stereocenters. The van der Waals surface area contributed by atoms with Gasteiger partial charge in [-0.1, -0.05) is 13.8 Å². The van der Waals surface area contributed by atoms with E-state index in [-0.39, 0.29) is 12.5 Å². The van der Waals surface area contributed by atoms with Crippen LogP contribution in [0.25, 0.3) is 0 Å². The average Bonchev–Trinajstić information content (AvgIpc) is 2.71. The van der Waals surface area contributed by atoms with Crippen molar-refractivity contribution in [3.8, 4) is 0 Å². The van der Waals surface area contributed by atoms with Crippen molar-refractivity contribution in [1.82, 2.24) is 15.1 Å². The molecule has 0 aromatic carbocycles. The largest absolute Gasteiger partial charge is 0.383 e. The lowest BCUT2D eigenvalue weighted by Gasteiger charge is -2.07. The number of hydrogen-bond acceptors (Lipinski definition) is 3. The number of aromatic nitrogens is 2. The van der Waals surface area contributed by atoms with Crippen molar-refractivity contribution in [3.63, 3.8) is 0 Å². The number of carbonyl (C=O) groups excluding carboxylic acids is 1. The maximum atomic E-state index is 11.6. The Morgan fingerprint density at radius 3 is 2.82 bits per heavy atom. The van der Waals surface area contributed by atoms with Crippen molar-refractivity contribution in [2.75, 3.05) is 20.3 Å². The highest BCUT2D eigenvalue weighted by molar-refractivity contribution is 5.75. The molecule has 0 saturated carbocycles. The van der Waals surface area contributed by atoms with Crippen LogP contribution in [-0.4, -0.2) is 35.9 Å². The fourth-order valence-corrected chi connectivity index (χ4v) is 1.59. The fourth-order valence-electron chi connectivity index (χ4n) is 1.59. The highest BCUT2D eigenvalue weighted by atomic mass is 16.5. The SMILES string of the molecule is CCc1cc(CC)n(CC(=O)NCCOC)n1. The normalized spacial score (nSPS) is 10.5. The van der Waals surface area contributed by atoms with Crippen LogP contribution < -0.4 is 5.32 Å². The molecule has 0 fully saturated rings. The van der Waals surface area contributed by atoms with Crippen LogP contribution >= 0.6 is 0 Å². The second kappa shape index (κ2) is 7.06. The van der Waals surface area contributed by atoms with Gasteiger partial charge in [-0.05, 0) is 18.9 Å². The third-order valence-corrected chi connectivity index (χ3v) is 2.56. The van der Waals surface area contributed by atoms with Crippen molar-refractivity contribution in [2.24, 2.45) is 0 Å². The molecule has 1 amide bonds. The van der Waals surface area contributed by atoms with Crippen molar-refractivity contribution < 1.29 is 9.53 Å². The average molecular weight is 239 g/mol. The molecule has 5 nitrogen and oxygen atoms in total. The lowest BCUT2D eigenvalue weighted by atomic mass is 10.2. The zero-order valence-corrected chi connectivity index (χ0v) is 10.8. The molecule has 5 heteroatoms. The van der Waals surface area contributed by atoms with Crippen LogP contribution in [-0.2, 0) is 28.9 Å².